The number of nitrogens with zero attached hydrogens (tertiary/aromatic N) is 4. The van der Waals surface area contributed by atoms with Crippen molar-refractivity contribution in [3.8, 4) is 0 Å². The van der Waals surface area contributed by atoms with Gasteiger partial charge in [-0.1, -0.05) is 12.8 Å². The lowest BCUT2D eigenvalue weighted by Gasteiger charge is -2.40. The van der Waals surface area contributed by atoms with Gasteiger partial charge in [-0.05, 0) is 26.7 Å². The highest BCUT2D eigenvalue weighted by Crippen LogP contribution is 2.37. The average Bonchev–Trinajstić information content (AvgIpc) is 2.98. The van der Waals surface area contributed by atoms with Crippen LogP contribution in [0.4, 0.5) is 0 Å². The van der Waals surface area contributed by atoms with Crippen molar-refractivity contribution in [3.63, 3.8) is 0 Å². The monoisotopic (exact) mass is 456 g/mol. The number of carbonyl (C=O) groups excluding carboxylic acids is 3. The summed E-state index contributed by atoms with van der Waals surface area (Å²) in [7, 11) is -3.62. The lowest BCUT2D eigenvalue weighted by molar-refractivity contribution is -0.147. The number of fused-ring (bicyclic) bond motifs is 1. The largest absolute Gasteiger partial charge is 0.373 e. The van der Waals surface area contributed by atoms with Gasteiger partial charge in [-0.15, -0.1) is 0 Å². The van der Waals surface area contributed by atoms with Crippen molar-refractivity contribution in [3.05, 3.63) is 0 Å². The highest BCUT2D eigenvalue weighted by molar-refractivity contribution is 7.86. The summed E-state index contributed by atoms with van der Waals surface area (Å²) in [6, 6.07) is 0. The van der Waals surface area contributed by atoms with E-state index in [1.807, 2.05) is 13.8 Å². The van der Waals surface area contributed by atoms with Crippen LogP contribution in [0.25, 0.3) is 0 Å². The van der Waals surface area contributed by atoms with Gasteiger partial charge >= 0.3 is 0 Å². The molecule has 1 aliphatic carbocycles. The van der Waals surface area contributed by atoms with Crippen LogP contribution in [-0.2, 0) is 29.3 Å². The fourth-order valence-corrected chi connectivity index (χ4v) is 7.02. The van der Waals surface area contributed by atoms with E-state index in [1.165, 1.54) is 8.61 Å². The Labute approximate surface area is 183 Å². The number of ether oxygens (including phenoxy) is 1. The van der Waals surface area contributed by atoms with Crippen molar-refractivity contribution in [2.45, 2.75) is 51.7 Å². The van der Waals surface area contributed by atoms with E-state index in [2.05, 4.69) is 0 Å². The van der Waals surface area contributed by atoms with E-state index in [4.69, 9.17) is 4.74 Å². The van der Waals surface area contributed by atoms with Crippen LogP contribution in [0, 0.1) is 11.8 Å². The van der Waals surface area contributed by atoms with Crippen LogP contribution in [0.3, 0.4) is 0 Å². The highest BCUT2D eigenvalue weighted by atomic mass is 32.2. The minimum absolute atomic E-state index is 0.166. The number of rotatable bonds is 4. The third-order valence-electron chi connectivity index (χ3n) is 6.86. The molecule has 4 aliphatic rings. The molecule has 3 amide bonds. The van der Waals surface area contributed by atoms with Crippen LogP contribution in [-0.4, -0.2) is 103 Å². The average molecular weight is 457 g/mol. The van der Waals surface area contributed by atoms with Gasteiger partial charge < -0.3 is 9.64 Å². The molecule has 4 unspecified atom stereocenters. The molecular weight excluding hydrogens is 424 g/mol. The SMILES string of the molecule is CC1CN(S(=O)(=O)N2CCN(C(=O)CN3C(=O)C4CCCCC4C3=O)CC2)CC(C)O1. The molecule has 0 bridgehead atoms. The Kier molecular flexibility index (Phi) is 6.39. The first-order valence-electron chi connectivity index (χ1n) is 11.2. The zero-order valence-corrected chi connectivity index (χ0v) is 19.1. The molecule has 1 saturated carbocycles. The molecule has 0 aromatic rings. The van der Waals surface area contributed by atoms with Crippen molar-refractivity contribution in [2.75, 3.05) is 45.8 Å². The third kappa shape index (κ3) is 4.37. The van der Waals surface area contributed by atoms with Crippen molar-refractivity contribution >= 4 is 27.9 Å². The predicted octanol–water partition coefficient (Wildman–Crippen LogP) is -0.340. The predicted molar refractivity (Wildman–Crippen MR) is 111 cm³/mol. The standard InChI is InChI=1S/C20H32N4O6S/c1-14-11-23(12-15(2)30-14)31(28,29)22-9-7-21(8-10-22)18(25)13-24-19(26)16-5-3-4-6-17(16)20(24)27/h14-17H,3-13H2,1-2H3. The van der Waals surface area contributed by atoms with Gasteiger partial charge in [-0.3, -0.25) is 19.3 Å². The first-order valence-corrected chi connectivity index (χ1v) is 12.6. The summed E-state index contributed by atoms with van der Waals surface area (Å²) in [6.45, 7) is 4.98. The van der Waals surface area contributed by atoms with Gasteiger partial charge in [0.05, 0.1) is 24.0 Å². The van der Waals surface area contributed by atoms with Crippen molar-refractivity contribution in [1.29, 1.82) is 0 Å². The summed E-state index contributed by atoms with van der Waals surface area (Å²) in [5, 5.41) is 0. The topological polar surface area (TPSA) is 108 Å². The molecule has 0 N–H and O–H groups in total. The molecule has 4 rings (SSSR count). The van der Waals surface area contributed by atoms with Crippen LogP contribution >= 0.6 is 0 Å². The number of hydrogen-bond acceptors (Lipinski definition) is 6. The Balaban J connectivity index is 1.33. The van der Waals surface area contributed by atoms with Crippen LogP contribution in [0.15, 0.2) is 0 Å². The fraction of sp³-hybridized carbons (Fsp3) is 0.850. The van der Waals surface area contributed by atoms with Gasteiger partial charge in [0.1, 0.15) is 6.54 Å². The normalized spacial score (nSPS) is 33.6. The molecule has 3 heterocycles. The number of morpholine rings is 1. The van der Waals surface area contributed by atoms with Crippen molar-refractivity contribution < 1.29 is 27.5 Å². The van der Waals surface area contributed by atoms with Crippen molar-refractivity contribution in [1.82, 2.24) is 18.4 Å². The molecule has 10 nitrogen and oxygen atoms in total. The third-order valence-corrected chi connectivity index (χ3v) is 8.82. The Morgan fingerprint density at radius 2 is 1.42 bits per heavy atom. The Hall–Kier alpha value is -1.56. The number of imide groups is 1. The van der Waals surface area contributed by atoms with E-state index in [1.54, 1.807) is 4.90 Å². The number of carbonyl (C=O) groups is 3. The summed E-state index contributed by atoms with van der Waals surface area (Å²) in [5.41, 5.74) is 0. The minimum Gasteiger partial charge on any atom is -0.373 e. The van der Waals surface area contributed by atoms with Crippen LogP contribution in [0.5, 0.6) is 0 Å². The highest BCUT2D eigenvalue weighted by Gasteiger charge is 2.49. The molecule has 4 fully saturated rings. The maximum atomic E-state index is 13.0. The maximum absolute atomic E-state index is 13.0. The van der Waals surface area contributed by atoms with Gasteiger partial charge in [-0.25, -0.2) is 0 Å². The second-order valence-electron chi connectivity index (χ2n) is 9.12. The van der Waals surface area contributed by atoms with Gasteiger partial charge in [0.25, 0.3) is 10.2 Å². The molecule has 4 atom stereocenters. The van der Waals surface area contributed by atoms with Crippen LogP contribution < -0.4 is 0 Å². The molecular formula is C20H32N4O6S. The Bertz CT molecular complexity index is 807. The van der Waals surface area contributed by atoms with E-state index < -0.39 is 10.2 Å². The minimum atomic E-state index is -3.62. The summed E-state index contributed by atoms with van der Waals surface area (Å²) in [5.74, 6) is -1.28. The molecule has 3 aliphatic heterocycles. The smallest absolute Gasteiger partial charge is 0.282 e. The first-order chi connectivity index (χ1) is 14.7. The summed E-state index contributed by atoms with van der Waals surface area (Å²) >= 11 is 0. The molecule has 0 aromatic carbocycles. The second-order valence-corrected chi connectivity index (χ2v) is 11.1. The Morgan fingerprint density at radius 3 is 1.94 bits per heavy atom. The van der Waals surface area contributed by atoms with Gasteiger partial charge in [0.2, 0.25) is 17.7 Å². The first kappa shape index (κ1) is 22.6. The maximum Gasteiger partial charge on any atom is 0.282 e. The number of likely N-dealkylation sites (tertiary alicyclic amines) is 1. The number of piperazine rings is 1. The van der Waals surface area contributed by atoms with E-state index in [0.29, 0.717) is 13.1 Å². The van der Waals surface area contributed by atoms with E-state index in [0.717, 1.165) is 30.6 Å². The van der Waals surface area contributed by atoms with Crippen LogP contribution in [0.1, 0.15) is 39.5 Å². The van der Waals surface area contributed by atoms with Gasteiger partial charge in [0, 0.05) is 39.3 Å². The molecule has 174 valence electrons. The van der Waals surface area contributed by atoms with E-state index >= 15 is 0 Å². The number of hydrogen-bond donors (Lipinski definition) is 0. The lowest BCUT2D eigenvalue weighted by atomic mass is 9.81. The molecule has 3 saturated heterocycles. The van der Waals surface area contributed by atoms with Gasteiger partial charge in [0.15, 0.2) is 0 Å². The quantitative estimate of drug-likeness (QED) is 0.536. The Morgan fingerprint density at radius 1 is 0.903 bits per heavy atom. The van der Waals surface area contributed by atoms with Crippen molar-refractivity contribution in [2.24, 2.45) is 11.8 Å². The molecule has 11 heteroatoms. The molecule has 0 spiro atoms. The van der Waals surface area contributed by atoms with E-state index in [9.17, 15) is 22.8 Å². The van der Waals surface area contributed by atoms with E-state index in [-0.39, 0.29) is 74.5 Å². The number of amides is 3. The molecule has 0 aromatic heterocycles. The summed E-state index contributed by atoms with van der Waals surface area (Å²) in [6.07, 6.45) is 2.99. The molecule has 31 heavy (non-hydrogen) atoms. The summed E-state index contributed by atoms with van der Waals surface area (Å²) < 4.78 is 34.5. The van der Waals surface area contributed by atoms with Crippen LogP contribution in [0.2, 0.25) is 0 Å². The van der Waals surface area contributed by atoms with Gasteiger partial charge in [-0.2, -0.15) is 17.0 Å². The molecule has 0 radical (unpaired) electrons. The zero-order valence-electron chi connectivity index (χ0n) is 18.2. The zero-order chi connectivity index (χ0) is 22.3. The fourth-order valence-electron chi connectivity index (χ4n) is 5.27. The lowest BCUT2D eigenvalue weighted by Crippen LogP contribution is -2.58. The second kappa shape index (κ2) is 8.76. The summed E-state index contributed by atoms with van der Waals surface area (Å²) in [4.78, 5) is 40.7.